The van der Waals surface area contributed by atoms with Crippen molar-refractivity contribution < 1.29 is 14.3 Å². The third-order valence-corrected chi connectivity index (χ3v) is 4.78. The van der Waals surface area contributed by atoms with Crippen LogP contribution >= 0.6 is 0 Å². The molecule has 2 aromatic heterocycles. The van der Waals surface area contributed by atoms with Crippen LogP contribution in [-0.4, -0.2) is 56.0 Å². The number of benzene rings is 1. The topological polar surface area (TPSA) is 98.1 Å². The van der Waals surface area contributed by atoms with Gasteiger partial charge < -0.3 is 0 Å². The Labute approximate surface area is 165 Å². The van der Waals surface area contributed by atoms with Gasteiger partial charge in [-0.15, -0.1) is 0 Å². The first-order valence-corrected chi connectivity index (χ1v) is 9.64. The summed E-state index contributed by atoms with van der Waals surface area (Å²) in [6.07, 6.45) is 1.49. The Morgan fingerprint density at radius 1 is 1.26 bits per heavy atom. The van der Waals surface area contributed by atoms with Crippen LogP contribution in [0.25, 0.3) is 21.9 Å². The van der Waals surface area contributed by atoms with Crippen LogP contribution in [0.2, 0.25) is 0 Å². The predicted molar refractivity (Wildman–Crippen MR) is 107 cm³/mol. The molecule has 1 aromatic carbocycles. The quantitative estimate of drug-likeness (QED) is 0.475. The second-order valence-electron chi connectivity index (χ2n) is 7.07. The summed E-state index contributed by atoms with van der Waals surface area (Å²) in [6, 6.07) is 5.21. The standard InChI is InChI=1S/C18H22AsN5O3/c1-18(2,3)27-13(25)8-24-12-6-5-10(23-17(26)20-4)7-11(12)14-15(19)21-9-22-16(14)24/h5-7,9H,8,19H2,1-4H3,(H2,20,23,26). The molecule has 0 aliphatic rings. The Balaban J connectivity index is 2.13. The van der Waals surface area contributed by atoms with Crippen LogP contribution in [0.3, 0.4) is 0 Å². The average Bonchev–Trinajstić information content (AvgIpc) is 2.87. The summed E-state index contributed by atoms with van der Waals surface area (Å²) in [5.41, 5.74) is 1.59. The molecule has 3 aromatic rings. The Kier molecular flexibility index (Phi) is 5.11. The molecule has 1 unspecified atom stereocenters. The van der Waals surface area contributed by atoms with E-state index in [1.54, 1.807) is 13.1 Å². The molecule has 2 N–H and O–H groups in total. The van der Waals surface area contributed by atoms with Gasteiger partial charge in [-0.3, -0.25) is 0 Å². The first-order chi connectivity index (χ1) is 12.7. The maximum absolute atomic E-state index is 12.4. The molecule has 0 aliphatic heterocycles. The molecule has 8 nitrogen and oxygen atoms in total. The van der Waals surface area contributed by atoms with Crippen LogP contribution < -0.4 is 15.1 Å². The number of carbonyl (C=O) groups is 2. The molecule has 0 radical (unpaired) electrons. The third-order valence-electron chi connectivity index (χ3n) is 3.86. The van der Waals surface area contributed by atoms with E-state index in [1.165, 1.54) is 23.2 Å². The van der Waals surface area contributed by atoms with Gasteiger partial charge in [-0.05, 0) is 0 Å². The number of ether oxygens (including phenoxy) is 1. The third kappa shape index (κ3) is 4.06. The fourth-order valence-electron chi connectivity index (χ4n) is 2.87. The van der Waals surface area contributed by atoms with Gasteiger partial charge in [0.1, 0.15) is 0 Å². The Bertz CT molecular complexity index is 1040. The number of fused-ring (bicyclic) bond motifs is 3. The number of rotatable bonds is 3. The van der Waals surface area contributed by atoms with Crippen molar-refractivity contribution in [2.24, 2.45) is 0 Å². The fourth-order valence-corrected chi connectivity index (χ4v) is 3.61. The molecule has 0 aliphatic carbocycles. The van der Waals surface area contributed by atoms with E-state index < -0.39 is 5.60 Å². The average molecular weight is 431 g/mol. The van der Waals surface area contributed by atoms with Crippen molar-refractivity contribution in [3.8, 4) is 0 Å². The van der Waals surface area contributed by atoms with E-state index in [-0.39, 0.29) is 18.5 Å². The van der Waals surface area contributed by atoms with E-state index in [0.29, 0.717) is 11.3 Å². The molecular weight excluding hydrogens is 409 g/mol. The van der Waals surface area contributed by atoms with Crippen molar-refractivity contribution in [2.45, 2.75) is 32.9 Å². The number of aromatic nitrogens is 3. The van der Waals surface area contributed by atoms with E-state index in [1.807, 2.05) is 37.5 Å². The van der Waals surface area contributed by atoms with E-state index >= 15 is 0 Å². The molecule has 0 saturated heterocycles. The van der Waals surface area contributed by atoms with Crippen LogP contribution in [0.15, 0.2) is 24.5 Å². The van der Waals surface area contributed by atoms with Gasteiger partial charge in [-0.2, -0.15) is 0 Å². The van der Waals surface area contributed by atoms with Crippen LogP contribution in [0.1, 0.15) is 20.8 Å². The zero-order valence-corrected chi connectivity index (χ0v) is 18.1. The van der Waals surface area contributed by atoms with Gasteiger partial charge in [0.15, 0.2) is 0 Å². The van der Waals surface area contributed by atoms with Gasteiger partial charge in [0.25, 0.3) is 0 Å². The number of anilines is 1. The van der Waals surface area contributed by atoms with Crippen molar-refractivity contribution in [1.82, 2.24) is 19.9 Å². The van der Waals surface area contributed by atoms with Gasteiger partial charge in [0.2, 0.25) is 0 Å². The molecule has 0 spiro atoms. The molecule has 2 heterocycles. The van der Waals surface area contributed by atoms with Crippen LogP contribution in [0.5, 0.6) is 0 Å². The zero-order chi connectivity index (χ0) is 19.8. The summed E-state index contributed by atoms with van der Waals surface area (Å²) in [6.45, 7) is 5.55. The van der Waals surface area contributed by atoms with E-state index in [9.17, 15) is 9.59 Å². The minimum atomic E-state index is -0.561. The van der Waals surface area contributed by atoms with Gasteiger partial charge in [-0.1, -0.05) is 0 Å². The Morgan fingerprint density at radius 2 is 2.00 bits per heavy atom. The molecule has 27 heavy (non-hydrogen) atoms. The number of amides is 2. The van der Waals surface area contributed by atoms with Crippen molar-refractivity contribution in [3.05, 3.63) is 24.5 Å². The van der Waals surface area contributed by atoms with Crippen molar-refractivity contribution in [2.75, 3.05) is 12.4 Å². The molecule has 0 bridgehead atoms. The second-order valence-corrected chi connectivity index (χ2v) is 8.21. The van der Waals surface area contributed by atoms with Gasteiger partial charge >= 0.3 is 165 Å². The number of nitrogens with one attached hydrogen (secondary N) is 2. The normalized spacial score (nSPS) is 11.6. The number of hydrogen-bond acceptors (Lipinski definition) is 5. The summed E-state index contributed by atoms with van der Waals surface area (Å²) in [4.78, 5) is 32.7. The number of esters is 1. The van der Waals surface area contributed by atoms with Gasteiger partial charge in [0, 0.05) is 0 Å². The monoisotopic (exact) mass is 431 g/mol. The summed E-state index contributed by atoms with van der Waals surface area (Å²) >= 11 is 1.37. The Hall–Kier alpha value is -2.60. The maximum atomic E-state index is 12.4. The van der Waals surface area contributed by atoms with E-state index in [4.69, 9.17) is 4.74 Å². The molecule has 0 saturated carbocycles. The first kappa shape index (κ1) is 19.2. The van der Waals surface area contributed by atoms with Gasteiger partial charge in [0.05, 0.1) is 0 Å². The molecule has 0 fully saturated rings. The van der Waals surface area contributed by atoms with Crippen LogP contribution in [0, 0.1) is 0 Å². The number of nitrogens with zero attached hydrogens (tertiary/aromatic N) is 3. The van der Waals surface area contributed by atoms with Crippen molar-refractivity contribution >= 4 is 61.0 Å². The van der Waals surface area contributed by atoms with Crippen molar-refractivity contribution in [1.29, 1.82) is 0 Å². The molecule has 9 heteroatoms. The number of urea groups is 1. The molecule has 1 atom stereocenters. The molecule has 142 valence electrons. The summed E-state index contributed by atoms with van der Waals surface area (Å²) in [5.74, 6) is -0.337. The summed E-state index contributed by atoms with van der Waals surface area (Å²) in [7, 11) is 1.56. The van der Waals surface area contributed by atoms with Crippen LogP contribution in [-0.2, 0) is 16.1 Å². The van der Waals surface area contributed by atoms with Crippen LogP contribution in [0.4, 0.5) is 10.5 Å². The number of hydrogen-bond donors (Lipinski definition) is 2. The second kappa shape index (κ2) is 7.19. The number of carbonyl (C=O) groups excluding carboxylic acids is 2. The molecular formula is C18H22AsN5O3. The van der Waals surface area contributed by atoms with Crippen molar-refractivity contribution in [3.63, 3.8) is 0 Å². The molecule has 3 rings (SSSR count). The SMILES string of the molecule is CNC(=O)Nc1ccc2c(c1)c1c([AsH2])ncnc1n2CC(=O)OC(C)(C)C. The van der Waals surface area contributed by atoms with Gasteiger partial charge in [-0.25, -0.2) is 0 Å². The minimum absolute atomic E-state index is 0.0446. The molecule has 2 amide bonds. The van der Waals surface area contributed by atoms with E-state index in [0.717, 1.165) is 20.8 Å². The Morgan fingerprint density at radius 3 is 2.67 bits per heavy atom. The first-order valence-electron chi connectivity index (χ1n) is 8.42. The summed E-state index contributed by atoms with van der Waals surface area (Å²) in [5, 5.41) is 7.04. The van der Waals surface area contributed by atoms with E-state index in [2.05, 4.69) is 20.6 Å². The zero-order valence-electron chi connectivity index (χ0n) is 15.7. The predicted octanol–water partition coefficient (Wildman–Crippen LogP) is 0.936. The fraction of sp³-hybridized carbons (Fsp3) is 0.333. The summed E-state index contributed by atoms with van der Waals surface area (Å²) < 4.78 is 8.15.